The highest BCUT2D eigenvalue weighted by Crippen LogP contribution is 2.15. The minimum atomic E-state index is -1.48. The van der Waals surface area contributed by atoms with E-state index in [9.17, 15) is 23.6 Å². The number of aromatic nitrogens is 1. The van der Waals surface area contributed by atoms with Gasteiger partial charge in [-0.15, -0.1) is 0 Å². The van der Waals surface area contributed by atoms with Gasteiger partial charge in [0.05, 0.1) is 6.42 Å². The van der Waals surface area contributed by atoms with Crippen molar-refractivity contribution in [3.05, 3.63) is 58.5 Å². The van der Waals surface area contributed by atoms with Crippen LogP contribution in [-0.2, 0) is 27.3 Å². The number of aryl methyl sites for hydroxylation is 1. The summed E-state index contributed by atoms with van der Waals surface area (Å²) in [6.07, 6.45) is -0.242. The molecular formula is C20H21FN2O5. The maximum absolute atomic E-state index is 12.9. The molecule has 1 aromatic heterocycles. The fraction of sp³-hybridized carbons (Fsp3) is 0.300. The third-order valence-corrected chi connectivity index (χ3v) is 4.25. The van der Waals surface area contributed by atoms with E-state index in [2.05, 4.69) is 5.32 Å². The molecule has 0 radical (unpaired) electrons. The van der Waals surface area contributed by atoms with E-state index in [-0.39, 0.29) is 5.56 Å². The standard InChI is InChI=1S/C20H21FN2O5/c1-2-14-8-9-15(13-6-4-3-5-7-13)20(28)23(14)12-18(25)22-16(10-19(26)27)17(24)11-21/h3-9,16H,2,10-12H2,1H3,(H,22,25)(H,26,27). The number of pyridine rings is 1. The lowest BCUT2D eigenvalue weighted by Crippen LogP contribution is -2.45. The Morgan fingerprint density at radius 1 is 1.14 bits per heavy atom. The van der Waals surface area contributed by atoms with E-state index in [1.54, 1.807) is 36.4 Å². The molecule has 1 atom stereocenters. The SMILES string of the molecule is CCc1ccc(-c2ccccc2)c(=O)n1CC(=O)NC(CC(=O)O)C(=O)CF. The van der Waals surface area contributed by atoms with Crippen LogP contribution in [0.3, 0.4) is 0 Å². The fourth-order valence-corrected chi connectivity index (χ4v) is 2.83. The number of Topliss-reactive ketones (excluding diaryl/α,β-unsaturated/α-hetero) is 1. The number of alkyl halides is 1. The van der Waals surface area contributed by atoms with Gasteiger partial charge in [0, 0.05) is 11.3 Å². The molecule has 2 N–H and O–H groups in total. The number of carboxylic acid groups (broad SMARTS) is 1. The first kappa shape index (κ1) is 21.0. The lowest BCUT2D eigenvalue weighted by Gasteiger charge is -2.17. The van der Waals surface area contributed by atoms with Crippen molar-refractivity contribution in [3.8, 4) is 11.1 Å². The predicted octanol–water partition coefficient (Wildman–Crippen LogP) is 1.58. The van der Waals surface area contributed by atoms with Gasteiger partial charge in [0.25, 0.3) is 5.56 Å². The summed E-state index contributed by atoms with van der Waals surface area (Å²) >= 11 is 0. The van der Waals surface area contributed by atoms with Gasteiger partial charge in [0.15, 0.2) is 5.78 Å². The Bertz CT molecular complexity index is 924. The number of benzene rings is 1. The average Bonchev–Trinajstić information content (AvgIpc) is 2.68. The molecule has 0 fully saturated rings. The number of aliphatic carboxylic acids is 1. The van der Waals surface area contributed by atoms with Gasteiger partial charge in [0.2, 0.25) is 5.91 Å². The number of carbonyl (C=O) groups excluding carboxylic acids is 2. The highest BCUT2D eigenvalue weighted by atomic mass is 19.1. The Hall–Kier alpha value is -3.29. The third-order valence-electron chi connectivity index (χ3n) is 4.25. The van der Waals surface area contributed by atoms with E-state index in [1.807, 2.05) is 13.0 Å². The van der Waals surface area contributed by atoms with E-state index in [0.717, 1.165) is 0 Å². The highest BCUT2D eigenvalue weighted by molar-refractivity contribution is 5.92. The summed E-state index contributed by atoms with van der Waals surface area (Å²) in [7, 11) is 0. The first-order chi connectivity index (χ1) is 13.4. The molecule has 0 saturated carbocycles. The molecular weight excluding hydrogens is 367 g/mol. The number of carboxylic acids is 1. The summed E-state index contributed by atoms with van der Waals surface area (Å²) in [5, 5.41) is 11.1. The predicted molar refractivity (Wildman–Crippen MR) is 101 cm³/mol. The molecule has 0 bridgehead atoms. The molecule has 0 aliphatic heterocycles. The van der Waals surface area contributed by atoms with Crippen LogP contribution in [0.25, 0.3) is 11.1 Å². The van der Waals surface area contributed by atoms with E-state index < -0.39 is 43.3 Å². The van der Waals surface area contributed by atoms with Gasteiger partial charge in [-0.2, -0.15) is 0 Å². The van der Waals surface area contributed by atoms with Crippen molar-refractivity contribution in [1.29, 1.82) is 0 Å². The molecule has 7 nitrogen and oxygen atoms in total. The number of hydrogen-bond acceptors (Lipinski definition) is 4. The maximum Gasteiger partial charge on any atom is 0.305 e. The fourth-order valence-electron chi connectivity index (χ4n) is 2.83. The number of amides is 1. The molecule has 2 rings (SSSR count). The largest absolute Gasteiger partial charge is 0.481 e. The normalized spacial score (nSPS) is 11.6. The molecule has 1 heterocycles. The highest BCUT2D eigenvalue weighted by Gasteiger charge is 2.24. The molecule has 8 heteroatoms. The number of nitrogens with one attached hydrogen (secondary N) is 1. The monoisotopic (exact) mass is 388 g/mol. The number of rotatable bonds is 9. The van der Waals surface area contributed by atoms with Crippen molar-refractivity contribution in [2.75, 3.05) is 6.67 Å². The van der Waals surface area contributed by atoms with Crippen molar-refractivity contribution in [2.45, 2.75) is 32.4 Å². The number of ketones is 1. The zero-order valence-corrected chi connectivity index (χ0v) is 15.4. The van der Waals surface area contributed by atoms with Crippen molar-refractivity contribution in [2.24, 2.45) is 0 Å². The van der Waals surface area contributed by atoms with E-state index in [4.69, 9.17) is 5.11 Å². The second-order valence-electron chi connectivity index (χ2n) is 6.17. The van der Waals surface area contributed by atoms with Gasteiger partial charge in [-0.25, -0.2) is 4.39 Å². The Balaban J connectivity index is 2.31. The van der Waals surface area contributed by atoms with Crippen LogP contribution < -0.4 is 10.9 Å². The summed E-state index contributed by atoms with van der Waals surface area (Å²) in [5.74, 6) is -3.11. The van der Waals surface area contributed by atoms with E-state index >= 15 is 0 Å². The molecule has 1 unspecified atom stereocenters. The quantitative estimate of drug-likeness (QED) is 0.678. The Kier molecular flexibility index (Phi) is 7.20. The molecule has 28 heavy (non-hydrogen) atoms. The Morgan fingerprint density at radius 2 is 1.82 bits per heavy atom. The number of hydrogen-bond donors (Lipinski definition) is 2. The van der Waals surface area contributed by atoms with Gasteiger partial charge in [-0.05, 0) is 24.1 Å². The van der Waals surface area contributed by atoms with Gasteiger partial charge < -0.3 is 15.0 Å². The number of nitrogens with zero attached hydrogens (tertiary/aromatic N) is 1. The minimum absolute atomic E-state index is 0.382. The Morgan fingerprint density at radius 3 is 2.39 bits per heavy atom. The van der Waals surface area contributed by atoms with Gasteiger partial charge in [-0.1, -0.05) is 37.3 Å². The smallest absolute Gasteiger partial charge is 0.305 e. The number of halogens is 1. The summed E-state index contributed by atoms with van der Waals surface area (Å²) in [4.78, 5) is 47.6. The molecule has 0 spiro atoms. The first-order valence-electron chi connectivity index (χ1n) is 8.75. The lowest BCUT2D eigenvalue weighted by molar-refractivity contribution is -0.140. The third kappa shape index (κ3) is 5.12. The van der Waals surface area contributed by atoms with Crippen molar-refractivity contribution in [3.63, 3.8) is 0 Å². The molecule has 148 valence electrons. The first-order valence-corrected chi connectivity index (χ1v) is 8.75. The molecule has 0 aliphatic rings. The lowest BCUT2D eigenvalue weighted by atomic mass is 10.1. The zero-order chi connectivity index (χ0) is 20.7. The zero-order valence-electron chi connectivity index (χ0n) is 15.4. The van der Waals surface area contributed by atoms with Crippen LogP contribution in [0.1, 0.15) is 19.0 Å². The van der Waals surface area contributed by atoms with Crippen molar-refractivity contribution >= 4 is 17.7 Å². The van der Waals surface area contributed by atoms with Crippen LogP contribution in [0.15, 0.2) is 47.3 Å². The van der Waals surface area contributed by atoms with Crippen LogP contribution in [0, 0.1) is 0 Å². The molecule has 2 aromatic rings. The molecule has 1 amide bonds. The van der Waals surface area contributed by atoms with Crippen LogP contribution in [-0.4, -0.2) is 40.0 Å². The molecule has 1 aromatic carbocycles. The summed E-state index contributed by atoms with van der Waals surface area (Å²) in [5.41, 5.74) is 1.33. The topological polar surface area (TPSA) is 105 Å². The van der Waals surface area contributed by atoms with Gasteiger partial charge >= 0.3 is 5.97 Å². The van der Waals surface area contributed by atoms with Gasteiger partial charge in [-0.3, -0.25) is 19.2 Å². The van der Waals surface area contributed by atoms with E-state index in [1.165, 1.54) is 4.57 Å². The summed E-state index contributed by atoms with van der Waals surface area (Å²) in [6, 6.07) is 10.9. The number of carbonyl (C=O) groups is 3. The van der Waals surface area contributed by atoms with Crippen LogP contribution in [0.4, 0.5) is 4.39 Å². The summed E-state index contributed by atoms with van der Waals surface area (Å²) < 4.78 is 13.9. The molecule has 0 aliphatic carbocycles. The van der Waals surface area contributed by atoms with Crippen LogP contribution >= 0.6 is 0 Å². The van der Waals surface area contributed by atoms with Gasteiger partial charge in [0.1, 0.15) is 19.3 Å². The second kappa shape index (κ2) is 9.59. The Labute approximate surface area is 160 Å². The average molecular weight is 388 g/mol. The minimum Gasteiger partial charge on any atom is -0.481 e. The van der Waals surface area contributed by atoms with Crippen LogP contribution in [0.2, 0.25) is 0 Å². The van der Waals surface area contributed by atoms with Crippen molar-refractivity contribution < 1.29 is 23.9 Å². The van der Waals surface area contributed by atoms with E-state index in [0.29, 0.717) is 23.2 Å². The molecule has 0 saturated heterocycles. The maximum atomic E-state index is 12.9. The second-order valence-corrected chi connectivity index (χ2v) is 6.17. The van der Waals surface area contributed by atoms with Crippen molar-refractivity contribution in [1.82, 2.24) is 9.88 Å². The van der Waals surface area contributed by atoms with Crippen LogP contribution in [0.5, 0.6) is 0 Å². The summed E-state index contributed by atoms with van der Waals surface area (Å²) in [6.45, 7) is 0.0332.